The summed E-state index contributed by atoms with van der Waals surface area (Å²) in [5.41, 5.74) is 0.746. The van der Waals surface area contributed by atoms with Crippen LogP contribution in [0.15, 0.2) is 29.6 Å². The van der Waals surface area contributed by atoms with E-state index in [2.05, 4.69) is 18.2 Å². The number of hydrogen-bond acceptors (Lipinski definition) is 2. The van der Waals surface area contributed by atoms with Gasteiger partial charge in [-0.05, 0) is 5.92 Å². The molecule has 2 nitrogen and oxygen atoms in total. The summed E-state index contributed by atoms with van der Waals surface area (Å²) in [7, 11) is 0. The van der Waals surface area contributed by atoms with Gasteiger partial charge in [0.1, 0.15) is 5.76 Å². The summed E-state index contributed by atoms with van der Waals surface area (Å²) in [4.78, 5) is 3.85. The summed E-state index contributed by atoms with van der Waals surface area (Å²) in [6.07, 6.45) is 1.29. The third-order valence-corrected chi connectivity index (χ3v) is 1.05. The van der Waals surface area contributed by atoms with E-state index in [0.717, 1.165) is 5.70 Å². The molecular weight excluding hydrogens is 126 g/mol. The molecule has 0 fully saturated rings. The van der Waals surface area contributed by atoms with Crippen LogP contribution in [0.4, 0.5) is 0 Å². The molecule has 0 aromatic heterocycles. The van der Waals surface area contributed by atoms with Crippen LogP contribution in [-0.4, -0.2) is 11.3 Å². The normalized spacial score (nSPS) is 10.7. The lowest BCUT2D eigenvalue weighted by Crippen LogP contribution is -1.89. The fraction of sp³-hybridized carbons (Fsp3) is 0.375. The van der Waals surface area contributed by atoms with E-state index in [1.807, 2.05) is 13.8 Å². The summed E-state index contributed by atoms with van der Waals surface area (Å²) in [6.45, 7) is 10.9. The number of aliphatic hydroxyl groups excluding tert-OH is 1. The van der Waals surface area contributed by atoms with Crippen LogP contribution in [0.5, 0.6) is 0 Å². The molecule has 0 atom stereocenters. The molecule has 0 aromatic rings. The molecule has 2 heteroatoms. The second kappa shape index (κ2) is 3.88. The van der Waals surface area contributed by atoms with Crippen molar-refractivity contribution >= 4 is 6.21 Å². The second-order valence-electron chi connectivity index (χ2n) is 2.40. The number of nitrogens with zero attached hydrogens (tertiary/aromatic N) is 1. The Morgan fingerprint density at radius 1 is 1.50 bits per heavy atom. The van der Waals surface area contributed by atoms with Crippen LogP contribution in [0.2, 0.25) is 0 Å². The van der Waals surface area contributed by atoms with Gasteiger partial charge >= 0.3 is 0 Å². The van der Waals surface area contributed by atoms with Crippen LogP contribution < -0.4 is 0 Å². The quantitative estimate of drug-likeness (QED) is 0.472. The number of hydrogen-bond donors (Lipinski definition) is 1. The van der Waals surface area contributed by atoms with Crippen molar-refractivity contribution in [3.8, 4) is 0 Å². The minimum absolute atomic E-state index is 0.0400. The van der Waals surface area contributed by atoms with Gasteiger partial charge in [0.2, 0.25) is 0 Å². The zero-order valence-corrected chi connectivity index (χ0v) is 6.46. The van der Waals surface area contributed by atoms with E-state index in [0.29, 0.717) is 5.92 Å². The highest BCUT2D eigenvalue weighted by atomic mass is 16.3. The van der Waals surface area contributed by atoms with Crippen molar-refractivity contribution in [3.05, 3.63) is 24.6 Å². The van der Waals surface area contributed by atoms with Gasteiger partial charge in [0.25, 0.3) is 0 Å². The molecule has 0 heterocycles. The summed E-state index contributed by atoms with van der Waals surface area (Å²) < 4.78 is 0. The first kappa shape index (κ1) is 8.95. The van der Waals surface area contributed by atoms with Gasteiger partial charge in [0.15, 0.2) is 0 Å². The Hall–Kier alpha value is -1.05. The van der Waals surface area contributed by atoms with E-state index in [9.17, 15) is 0 Å². The Labute approximate surface area is 61.6 Å². The monoisotopic (exact) mass is 139 g/mol. The van der Waals surface area contributed by atoms with Crippen LogP contribution in [0.1, 0.15) is 13.8 Å². The van der Waals surface area contributed by atoms with E-state index in [4.69, 9.17) is 5.11 Å². The van der Waals surface area contributed by atoms with Gasteiger partial charge in [0.05, 0.1) is 6.21 Å². The third-order valence-electron chi connectivity index (χ3n) is 1.05. The zero-order valence-electron chi connectivity index (χ0n) is 6.46. The number of rotatable bonds is 3. The van der Waals surface area contributed by atoms with Crippen molar-refractivity contribution < 1.29 is 5.11 Å². The van der Waals surface area contributed by atoms with E-state index in [-0.39, 0.29) is 5.76 Å². The second-order valence-corrected chi connectivity index (χ2v) is 2.40. The van der Waals surface area contributed by atoms with Gasteiger partial charge in [-0.15, -0.1) is 0 Å². The molecule has 10 heavy (non-hydrogen) atoms. The van der Waals surface area contributed by atoms with Crippen LogP contribution in [0, 0.1) is 5.92 Å². The molecule has 0 rings (SSSR count). The summed E-state index contributed by atoms with van der Waals surface area (Å²) in [5, 5.41) is 8.60. The van der Waals surface area contributed by atoms with Crippen molar-refractivity contribution in [1.29, 1.82) is 0 Å². The minimum atomic E-state index is -0.0400. The smallest absolute Gasteiger partial charge is 0.126 e. The predicted octanol–water partition coefficient (Wildman–Crippen LogP) is 2.30. The molecule has 1 N–H and O–H groups in total. The van der Waals surface area contributed by atoms with E-state index >= 15 is 0 Å². The molecule has 0 aliphatic carbocycles. The highest BCUT2D eigenvalue weighted by molar-refractivity contribution is 5.75. The SMILES string of the molecule is C=C(O)C=NC(=C)C(C)C. The maximum absolute atomic E-state index is 8.60. The molecule has 0 aliphatic heterocycles. The minimum Gasteiger partial charge on any atom is -0.507 e. The average molecular weight is 139 g/mol. The number of aliphatic imine (C=N–C) groups is 1. The predicted molar refractivity (Wildman–Crippen MR) is 44.2 cm³/mol. The first-order valence-electron chi connectivity index (χ1n) is 3.14. The summed E-state index contributed by atoms with van der Waals surface area (Å²) in [6, 6.07) is 0. The third kappa shape index (κ3) is 3.89. The fourth-order valence-electron chi connectivity index (χ4n) is 0.306. The molecule has 0 aromatic carbocycles. The van der Waals surface area contributed by atoms with Crippen molar-refractivity contribution in [2.45, 2.75) is 13.8 Å². The van der Waals surface area contributed by atoms with Gasteiger partial charge in [-0.1, -0.05) is 27.0 Å². The Morgan fingerprint density at radius 3 is 2.30 bits per heavy atom. The van der Waals surface area contributed by atoms with E-state index in [1.165, 1.54) is 6.21 Å². The average Bonchev–Trinajstić information content (AvgIpc) is 1.82. The van der Waals surface area contributed by atoms with Crippen molar-refractivity contribution in [2.75, 3.05) is 0 Å². The maximum atomic E-state index is 8.60. The lowest BCUT2D eigenvalue weighted by atomic mass is 10.2. The van der Waals surface area contributed by atoms with Crippen LogP contribution in [0.3, 0.4) is 0 Å². The standard InChI is InChI=1S/C8H13NO/c1-6(2)8(4)9-5-7(3)10/h5-6,10H,3-4H2,1-2H3. The van der Waals surface area contributed by atoms with Gasteiger partial charge < -0.3 is 5.11 Å². The lowest BCUT2D eigenvalue weighted by Gasteiger charge is -2.00. The molecule has 0 bridgehead atoms. The number of allylic oxidation sites excluding steroid dienone is 2. The van der Waals surface area contributed by atoms with Gasteiger partial charge in [-0.2, -0.15) is 0 Å². The topological polar surface area (TPSA) is 32.6 Å². The maximum Gasteiger partial charge on any atom is 0.126 e. The Morgan fingerprint density at radius 2 is 2.00 bits per heavy atom. The Bertz CT molecular complexity index is 168. The molecule has 56 valence electrons. The van der Waals surface area contributed by atoms with E-state index in [1.54, 1.807) is 0 Å². The Balaban J connectivity index is 3.90. The highest BCUT2D eigenvalue weighted by Crippen LogP contribution is 2.06. The van der Waals surface area contributed by atoms with Crippen LogP contribution >= 0.6 is 0 Å². The first-order chi connectivity index (χ1) is 4.54. The summed E-state index contributed by atoms with van der Waals surface area (Å²) in [5.74, 6) is 0.275. The molecule has 0 saturated heterocycles. The zero-order chi connectivity index (χ0) is 8.15. The largest absolute Gasteiger partial charge is 0.507 e. The van der Waals surface area contributed by atoms with Crippen molar-refractivity contribution in [1.82, 2.24) is 0 Å². The molecule has 0 unspecified atom stereocenters. The van der Waals surface area contributed by atoms with Crippen LogP contribution in [0.25, 0.3) is 0 Å². The van der Waals surface area contributed by atoms with Crippen molar-refractivity contribution in [3.63, 3.8) is 0 Å². The van der Waals surface area contributed by atoms with Crippen molar-refractivity contribution in [2.24, 2.45) is 10.9 Å². The number of aliphatic hydroxyl groups is 1. The molecule has 0 saturated carbocycles. The molecule has 0 amide bonds. The van der Waals surface area contributed by atoms with E-state index < -0.39 is 0 Å². The molecule has 0 spiro atoms. The fourth-order valence-corrected chi connectivity index (χ4v) is 0.306. The molecule has 0 radical (unpaired) electrons. The highest BCUT2D eigenvalue weighted by Gasteiger charge is 1.94. The first-order valence-corrected chi connectivity index (χ1v) is 3.14. The van der Waals surface area contributed by atoms with Gasteiger partial charge in [-0.25, -0.2) is 0 Å². The lowest BCUT2D eigenvalue weighted by molar-refractivity contribution is 0.449. The van der Waals surface area contributed by atoms with Gasteiger partial charge in [0, 0.05) is 5.70 Å². The molecule has 0 aliphatic rings. The summed E-state index contributed by atoms with van der Waals surface area (Å²) >= 11 is 0. The molecular formula is C8H13NO. The van der Waals surface area contributed by atoms with Gasteiger partial charge in [-0.3, -0.25) is 4.99 Å². The Kier molecular flexibility index (Phi) is 3.47. The van der Waals surface area contributed by atoms with Crippen LogP contribution in [-0.2, 0) is 0 Å².